The second kappa shape index (κ2) is 13.8. The lowest BCUT2D eigenvalue weighted by Gasteiger charge is -2.36. The summed E-state index contributed by atoms with van der Waals surface area (Å²) in [5.74, 6) is -1.74. The Labute approximate surface area is 258 Å². The third-order valence-corrected chi connectivity index (χ3v) is 10.1. The zero-order valence-corrected chi connectivity index (χ0v) is 27.7. The minimum absolute atomic E-state index is 0.000346. The molecule has 0 saturated carbocycles. The summed E-state index contributed by atoms with van der Waals surface area (Å²) in [6.07, 6.45) is 2.58. The number of aliphatic carboxylic acids is 1. The van der Waals surface area contributed by atoms with Crippen LogP contribution in [0.1, 0.15) is 67.2 Å². The van der Waals surface area contributed by atoms with Crippen molar-refractivity contribution >= 4 is 49.0 Å². The number of carboxylic acids is 1. The van der Waals surface area contributed by atoms with E-state index in [2.05, 4.69) is 33.1 Å². The highest BCUT2D eigenvalue weighted by atomic mass is 79.9. The first kappa shape index (κ1) is 33.9. The molecule has 2 unspecified atom stereocenters. The van der Waals surface area contributed by atoms with Crippen molar-refractivity contribution in [2.24, 2.45) is 5.41 Å². The van der Waals surface area contributed by atoms with Gasteiger partial charge in [0, 0.05) is 23.7 Å². The van der Waals surface area contributed by atoms with Crippen molar-refractivity contribution in [2.75, 3.05) is 23.8 Å². The molecule has 232 valence electrons. The molecule has 2 aromatic carbocycles. The number of benzene rings is 2. The second-order valence-electron chi connectivity index (χ2n) is 12.0. The zero-order chi connectivity index (χ0) is 31.3. The number of carbonyl (C=O) groups excluding carboxylic acids is 1. The monoisotopic (exact) mass is 666 g/mol. The quantitative estimate of drug-likeness (QED) is 0.278. The summed E-state index contributed by atoms with van der Waals surface area (Å²) < 4.78 is 39.9. The van der Waals surface area contributed by atoms with Gasteiger partial charge in [-0.05, 0) is 74.7 Å². The van der Waals surface area contributed by atoms with Crippen LogP contribution in [0.3, 0.4) is 0 Å². The molecule has 9 nitrogen and oxygen atoms in total. The molecular weight excluding hydrogens is 624 g/mol. The lowest BCUT2D eigenvalue weighted by molar-refractivity contribution is -0.150. The van der Waals surface area contributed by atoms with Gasteiger partial charge in [-0.15, -0.1) is 0 Å². The van der Waals surface area contributed by atoms with Gasteiger partial charge in [-0.1, -0.05) is 44.9 Å². The normalized spacial score (nSPS) is 19.7. The summed E-state index contributed by atoms with van der Waals surface area (Å²) in [4.78, 5) is 26.8. The average molecular weight is 668 g/mol. The Morgan fingerprint density at radius 1 is 1.17 bits per heavy atom. The van der Waals surface area contributed by atoms with E-state index >= 15 is 0 Å². The predicted molar refractivity (Wildman–Crippen MR) is 167 cm³/mol. The van der Waals surface area contributed by atoms with Crippen molar-refractivity contribution < 1.29 is 32.6 Å². The highest BCUT2D eigenvalue weighted by Gasteiger charge is 2.42. The van der Waals surface area contributed by atoms with Gasteiger partial charge in [-0.3, -0.25) is 4.79 Å². The molecule has 11 heteroatoms. The van der Waals surface area contributed by atoms with Crippen LogP contribution < -0.4 is 15.0 Å². The highest BCUT2D eigenvalue weighted by Crippen LogP contribution is 2.46. The van der Waals surface area contributed by atoms with Crippen molar-refractivity contribution in [3.05, 3.63) is 46.9 Å². The number of anilines is 2. The van der Waals surface area contributed by atoms with Crippen molar-refractivity contribution in [2.45, 2.75) is 89.9 Å². The first-order valence-electron chi connectivity index (χ1n) is 14.3. The largest absolute Gasteiger partial charge is 0.483 e. The Balaban J connectivity index is 1.94. The fraction of sp³-hybridized carbons (Fsp3) is 0.548. The first-order chi connectivity index (χ1) is 19.6. The Hall–Kier alpha value is -2.63. The maximum Gasteiger partial charge on any atom is 0.328 e. The number of ether oxygens (including phenoxy) is 2. The molecule has 0 radical (unpaired) electrons. The number of unbranched alkanes of at least 4 members (excludes halogenated alkanes) is 1. The summed E-state index contributed by atoms with van der Waals surface area (Å²) in [6, 6.07) is 11.6. The number of fused-ring (bicyclic) bond motifs is 1. The van der Waals surface area contributed by atoms with Crippen molar-refractivity contribution in [1.29, 1.82) is 0 Å². The summed E-state index contributed by atoms with van der Waals surface area (Å²) in [5, 5.41) is 12.1. The number of nitrogens with zero attached hydrogens (tertiary/aromatic N) is 1. The molecular formula is C31H43BrN2O7S. The number of sulfone groups is 1. The molecule has 42 heavy (non-hydrogen) atoms. The van der Waals surface area contributed by atoms with Gasteiger partial charge < -0.3 is 24.8 Å². The molecule has 2 N–H and O–H groups in total. The van der Waals surface area contributed by atoms with Crippen LogP contribution in [0.4, 0.5) is 11.4 Å². The van der Waals surface area contributed by atoms with Gasteiger partial charge in [-0.25, -0.2) is 13.2 Å². The number of rotatable bonds is 12. The van der Waals surface area contributed by atoms with E-state index in [9.17, 15) is 23.1 Å². The molecule has 0 bridgehead atoms. The van der Waals surface area contributed by atoms with Gasteiger partial charge in [0.15, 0.2) is 22.5 Å². The van der Waals surface area contributed by atoms with Gasteiger partial charge in [0.1, 0.15) is 5.75 Å². The Morgan fingerprint density at radius 3 is 2.40 bits per heavy atom. The lowest BCUT2D eigenvalue weighted by Crippen LogP contribution is -2.51. The van der Waals surface area contributed by atoms with Crippen LogP contribution in [0.5, 0.6) is 5.75 Å². The molecule has 1 heterocycles. The molecule has 0 aliphatic carbocycles. The number of carbonyl (C=O) groups is 2. The molecule has 0 saturated heterocycles. The van der Waals surface area contributed by atoms with E-state index < -0.39 is 51.5 Å². The maximum atomic E-state index is 14.0. The van der Waals surface area contributed by atoms with E-state index in [1.54, 1.807) is 33.8 Å². The summed E-state index contributed by atoms with van der Waals surface area (Å²) in [6.45, 7) is 11.1. The van der Waals surface area contributed by atoms with E-state index in [4.69, 9.17) is 9.47 Å². The van der Waals surface area contributed by atoms with Gasteiger partial charge >= 0.3 is 5.97 Å². The summed E-state index contributed by atoms with van der Waals surface area (Å²) in [5.41, 5.74) is 0.369. The Bertz CT molecular complexity index is 1360. The van der Waals surface area contributed by atoms with Crippen LogP contribution >= 0.6 is 15.9 Å². The van der Waals surface area contributed by atoms with Gasteiger partial charge in [-0.2, -0.15) is 0 Å². The second-order valence-corrected chi connectivity index (χ2v) is 14.8. The maximum absolute atomic E-state index is 14.0. The SMILES string of the molecule is CCCCC1(CC)CN(c2ccccc2)c2cc(Br)c(OCC(=O)NC(C(=O)O)[C@@H](C)OC(C)(C)C)cc2S(=O)(=O)C1. The van der Waals surface area contributed by atoms with Crippen LogP contribution in [-0.4, -0.2) is 62.1 Å². The van der Waals surface area contributed by atoms with Crippen molar-refractivity contribution in [3.8, 4) is 5.75 Å². The smallest absolute Gasteiger partial charge is 0.328 e. The number of hydrogen-bond acceptors (Lipinski definition) is 7. The standard InChI is InChI=1S/C31H43BrN2O7S/c1-7-9-15-31(8-2)19-34(22-13-11-10-12-14-22)24-16-23(32)25(17-26(24)42(38,39)20-31)40-18-27(35)33-28(29(36)37)21(3)41-30(4,5)6/h10-14,16-17,21,28H,7-9,15,18-20H2,1-6H3,(H,33,35)(H,36,37)/t21-,28?,31?/m1/s1. The number of halogens is 1. The fourth-order valence-corrected chi connectivity index (χ4v) is 7.96. The van der Waals surface area contributed by atoms with Crippen LogP contribution in [-0.2, 0) is 24.2 Å². The molecule has 0 fully saturated rings. The third kappa shape index (κ3) is 8.48. The number of carboxylic acid groups (broad SMARTS) is 1. The van der Waals surface area contributed by atoms with Crippen LogP contribution in [0, 0.1) is 5.41 Å². The molecule has 2 aromatic rings. The van der Waals surface area contributed by atoms with E-state index in [1.807, 2.05) is 37.3 Å². The van der Waals surface area contributed by atoms with Crippen molar-refractivity contribution in [3.63, 3.8) is 0 Å². The molecule has 3 atom stereocenters. The number of para-hydroxylation sites is 1. The summed E-state index contributed by atoms with van der Waals surface area (Å²) in [7, 11) is -3.74. The molecule has 1 aliphatic heterocycles. The molecule has 3 rings (SSSR count). The molecule has 1 amide bonds. The lowest BCUT2D eigenvalue weighted by atomic mass is 9.81. The number of hydrogen-bond donors (Lipinski definition) is 2. The number of amides is 1. The third-order valence-electron chi connectivity index (χ3n) is 7.46. The summed E-state index contributed by atoms with van der Waals surface area (Å²) >= 11 is 3.51. The highest BCUT2D eigenvalue weighted by molar-refractivity contribution is 9.10. The van der Waals surface area contributed by atoms with Crippen LogP contribution in [0.25, 0.3) is 0 Å². The minimum atomic E-state index is -3.74. The van der Waals surface area contributed by atoms with Crippen LogP contribution in [0.2, 0.25) is 0 Å². The first-order valence-corrected chi connectivity index (χ1v) is 16.8. The van der Waals surface area contributed by atoms with E-state index in [-0.39, 0.29) is 16.4 Å². The Kier molecular flexibility index (Phi) is 11.1. The Morgan fingerprint density at radius 2 is 1.83 bits per heavy atom. The molecule has 0 aromatic heterocycles. The fourth-order valence-electron chi connectivity index (χ4n) is 5.34. The topological polar surface area (TPSA) is 122 Å². The predicted octanol–water partition coefficient (Wildman–Crippen LogP) is 6.11. The van der Waals surface area contributed by atoms with E-state index in [0.717, 1.165) is 24.9 Å². The van der Waals surface area contributed by atoms with E-state index in [1.165, 1.54) is 6.07 Å². The average Bonchev–Trinajstić information content (AvgIpc) is 3.00. The van der Waals surface area contributed by atoms with E-state index in [0.29, 0.717) is 23.1 Å². The van der Waals surface area contributed by atoms with Gasteiger partial charge in [0.2, 0.25) is 0 Å². The number of nitrogens with one attached hydrogen (secondary N) is 1. The van der Waals surface area contributed by atoms with Crippen molar-refractivity contribution in [1.82, 2.24) is 5.32 Å². The molecule has 0 spiro atoms. The van der Waals surface area contributed by atoms with Crippen LogP contribution in [0.15, 0.2) is 51.8 Å². The van der Waals surface area contributed by atoms with Gasteiger partial charge in [0.05, 0.1) is 32.5 Å². The molecule has 1 aliphatic rings. The minimum Gasteiger partial charge on any atom is -0.483 e. The zero-order valence-electron chi connectivity index (χ0n) is 25.3. The van der Waals surface area contributed by atoms with Gasteiger partial charge in [0.25, 0.3) is 5.91 Å².